The van der Waals surface area contributed by atoms with Crippen molar-refractivity contribution < 1.29 is 18.1 Å². The molecule has 23 heavy (non-hydrogen) atoms. The zero-order valence-electron chi connectivity index (χ0n) is 11.6. The number of nitrogens with two attached hydrogens (primary N) is 1. The van der Waals surface area contributed by atoms with Gasteiger partial charge >= 0.3 is 0 Å². The Hall–Kier alpha value is -3.29. The first-order valence-corrected chi connectivity index (χ1v) is 6.48. The summed E-state index contributed by atoms with van der Waals surface area (Å²) in [6.07, 6.45) is 3.03. The topological polar surface area (TPSA) is 94.0 Å². The van der Waals surface area contributed by atoms with Crippen molar-refractivity contribution in [3.63, 3.8) is 0 Å². The van der Waals surface area contributed by atoms with Gasteiger partial charge in [0.25, 0.3) is 5.91 Å². The van der Waals surface area contributed by atoms with Crippen LogP contribution in [0.15, 0.2) is 47.2 Å². The van der Waals surface area contributed by atoms with Gasteiger partial charge in [0.15, 0.2) is 0 Å². The fraction of sp³-hybridized carbons (Fsp3) is 0. The maximum atomic E-state index is 13.6. The van der Waals surface area contributed by atoms with Crippen LogP contribution >= 0.6 is 0 Å². The average molecular weight is 316 g/mol. The molecule has 2 heterocycles. The van der Waals surface area contributed by atoms with Gasteiger partial charge in [-0.3, -0.25) is 9.78 Å². The largest absolute Gasteiger partial charge is 0.367 e. The SMILES string of the molecule is Nc1onc(-c2ccncc2)c1C(=O)Nc1ccc(F)cc1F. The molecule has 2 aromatic heterocycles. The molecule has 0 atom stereocenters. The molecule has 0 spiro atoms. The number of nitrogens with one attached hydrogen (secondary N) is 1. The standard InChI is InChI=1S/C15H10F2N4O2/c16-9-1-2-11(10(17)7-9)20-15(22)12-13(21-23-14(12)18)8-3-5-19-6-4-8/h1-7H,18H2,(H,20,22). The molecule has 0 aliphatic rings. The lowest BCUT2D eigenvalue weighted by atomic mass is 10.1. The summed E-state index contributed by atoms with van der Waals surface area (Å²) in [4.78, 5) is 16.2. The Bertz CT molecular complexity index is 865. The van der Waals surface area contributed by atoms with E-state index in [1.54, 1.807) is 12.1 Å². The Morgan fingerprint density at radius 3 is 2.61 bits per heavy atom. The van der Waals surface area contributed by atoms with Gasteiger partial charge in [-0.15, -0.1) is 0 Å². The predicted octanol–water partition coefficient (Wildman–Crippen LogP) is 2.85. The number of halogens is 2. The number of rotatable bonds is 3. The highest BCUT2D eigenvalue weighted by atomic mass is 19.1. The lowest BCUT2D eigenvalue weighted by Crippen LogP contribution is -2.15. The normalized spacial score (nSPS) is 10.5. The van der Waals surface area contributed by atoms with E-state index in [4.69, 9.17) is 10.3 Å². The van der Waals surface area contributed by atoms with Crippen LogP contribution in [0.2, 0.25) is 0 Å². The first-order valence-electron chi connectivity index (χ1n) is 6.48. The van der Waals surface area contributed by atoms with Crippen LogP contribution in [0.3, 0.4) is 0 Å². The van der Waals surface area contributed by atoms with Gasteiger partial charge in [0.2, 0.25) is 5.88 Å². The molecule has 8 heteroatoms. The Kier molecular flexibility index (Phi) is 3.71. The van der Waals surface area contributed by atoms with Crippen molar-refractivity contribution in [1.29, 1.82) is 0 Å². The maximum absolute atomic E-state index is 13.6. The molecular weight excluding hydrogens is 306 g/mol. The van der Waals surface area contributed by atoms with Gasteiger partial charge in [-0.2, -0.15) is 0 Å². The minimum atomic E-state index is -0.904. The summed E-state index contributed by atoms with van der Waals surface area (Å²) in [6, 6.07) is 6.04. The Morgan fingerprint density at radius 2 is 1.91 bits per heavy atom. The summed E-state index contributed by atoms with van der Waals surface area (Å²) in [7, 11) is 0. The third kappa shape index (κ3) is 2.86. The third-order valence-electron chi connectivity index (χ3n) is 3.08. The van der Waals surface area contributed by atoms with Crippen LogP contribution in [0.1, 0.15) is 10.4 Å². The molecule has 0 radical (unpaired) electrons. The van der Waals surface area contributed by atoms with Crippen LogP contribution in [-0.2, 0) is 0 Å². The average Bonchev–Trinajstić information content (AvgIpc) is 2.93. The lowest BCUT2D eigenvalue weighted by molar-refractivity contribution is 0.102. The molecule has 3 N–H and O–H groups in total. The van der Waals surface area contributed by atoms with Crippen LogP contribution in [0, 0.1) is 11.6 Å². The van der Waals surface area contributed by atoms with Crippen molar-refractivity contribution in [2.45, 2.75) is 0 Å². The second-order valence-corrected chi connectivity index (χ2v) is 4.58. The summed E-state index contributed by atoms with van der Waals surface area (Å²) in [5.74, 6) is -2.58. The molecule has 1 amide bonds. The first kappa shape index (κ1) is 14.6. The van der Waals surface area contributed by atoms with Gasteiger partial charge in [0, 0.05) is 24.0 Å². The number of benzene rings is 1. The fourth-order valence-electron chi connectivity index (χ4n) is 2.00. The van der Waals surface area contributed by atoms with E-state index in [0.29, 0.717) is 11.6 Å². The van der Waals surface area contributed by atoms with Crippen LogP contribution < -0.4 is 11.1 Å². The highest BCUT2D eigenvalue weighted by molar-refractivity contribution is 6.10. The zero-order valence-corrected chi connectivity index (χ0v) is 11.6. The molecule has 0 unspecified atom stereocenters. The molecule has 116 valence electrons. The highest BCUT2D eigenvalue weighted by Crippen LogP contribution is 2.28. The van der Waals surface area contributed by atoms with Gasteiger partial charge in [-0.1, -0.05) is 5.16 Å². The van der Waals surface area contributed by atoms with Crippen molar-refractivity contribution in [1.82, 2.24) is 10.1 Å². The van der Waals surface area contributed by atoms with Crippen molar-refractivity contribution in [3.8, 4) is 11.3 Å². The quantitative estimate of drug-likeness (QED) is 0.775. The molecule has 1 aromatic carbocycles. The monoisotopic (exact) mass is 316 g/mol. The number of anilines is 2. The number of nitrogens with zero attached hydrogens (tertiary/aromatic N) is 2. The number of aromatic nitrogens is 2. The zero-order chi connectivity index (χ0) is 16.4. The molecule has 3 aromatic rings. The first-order chi connectivity index (χ1) is 11.1. The number of hydrogen-bond acceptors (Lipinski definition) is 5. The minimum absolute atomic E-state index is 0.0417. The molecule has 3 rings (SSSR count). The Morgan fingerprint density at radius 1 is 1.17 bits per heavy atom. The van der Waals surface area contributed by atoms with E-state index in [2.05, 4.69) is 15.5 Å². The molecule has 6 nitrogen and oxygen atoms in total. The fourth-order valence-corrected chi connectivity index (χ4v) is 2.00. The van der Waals surface area contributed by atoms with E-state index in [1.165, 1.54) is 12.4 Å². The minimum Gasteiger partial charge on any atom is -0.367 e. The molecule has 0 bridgehead atoms. The molecular formula is C15H10F2N4O2. The molecule has 0 aliphatic heterocycles. The summed E-state index contributed by atoms with van der Waals surface area (Å²) in [5, 5.41) is 6.06. The van der Waals surface area contributed by atoms with E-state index in [9.17, 15) is 13.6 Å². The van der Waals surface area contributed by atoms with Gasteiger partial charge in [0.1, 0.15) is 22.9 Å². The van der Waals surface area contributed by atoms with Crippen molar-refractivity contribution >= 4 is 17.5 Å². The molecule has 0 saturated heterocycles. The molecule has 0 fully saturated rings. The smallest absolute Gasteiger partial charge is 0.263 e. The van der Waals surface area contributed by atoms with Crippen molar-refractivity contribution in [3.05, 3.63) is 59.9 Å². The number of carbonyl (C=O) groups is 1. The van der Waals surface area contributed by atoms with E-state index < -0.39 is 17.5 Å². The third-order valence-corrected chi connectivity index (χ3v) is 3.08. The summed E-state index contributed by atoms with van der Waals surface area (Å²) < 4.78 is 31.4. The number of hydrogen-bond donors (Lipinski definition) is 2. The second kappa shape index (κ2) is 5.84. The van der Waals surface area contributed by atoms with Crippen LogP contribution in [0.4, 0.5) is 20.4 Å². The summed E-state index contributed by atoms with van der Waals surface area (Å²) in [5.41, 5.74) is 6.17. The van der Waals surface area contributed by atoms with Gasteiger partial charge in [-0.05, 0) is 24.3 Å². The number of pyridine rings is 1. The maximum Gasteiger partial charge on any atom is 0.263 e. The van der Waals surface area contributed by atoms with Gasteiger partial charge in [0.05, 0.1) is 5.69 Å². The van der Waals surface area contributed by atoms with E-state index in [-0.39, 0.29) is 22.8 Å². The summed E-state index contributed by atoms with van der Waals surface area (Å²) in [6.45, 7) is 0. The van der Waals surface area contributed by atoms with Crippen molar-refractivity contribution in [2.75, 3.05) is 11.1 Å². The van der Waals surface area contributed by atoms with Gasteiger partial charge < -0.3 is 15.6 Å². The van der Waals surface area contributed by atoms with Crippen LogP contribution in [0.5, 0.6) is 0 Å². The second-order valence-electron chi connectivity index (χ2n) is 4.58. The van der Waals surface area contributed by atoms with Crippen LogP contribution in [0.25, 0.3) is 11.3 Å². The van der Waals surface area contributed by atoms with Crippen molar-refractivity contribution in [2.24, 2.45) is 0 Å². The molecule has 0 saturated carbocycles. The predicted molar refractivity (Wildman–Crippen MR) is 78.5 cm³/mol. The number of nitrogen functional groups attached to an aromatic ring is 1. The number of carbonyl (C=O) groups excluding carboxylic acids is 1. The Balaban J connectivity index is 1.96. The van der Waals surface area contributed by atoms with E-state index >= 15 is 0 Å². The number of amides is 1. The lowest BCUT2D eigenvalue weighted by Gasteiger charge is -2.06. The molecule has 0 aliphatic carbocycles. The highest BCUT2D eigenvalue weighted by Gasteiger charge is 2.23. The van der Waals surface area contributed by atoms with E-state index in [1.807, 2.05) is 0 Å². The Labute approximate surface area is 128 Å². The van der Waals surface area contributed by atoms with Crippen LogP contribution in [-0.4, -0.2) is 16.0 Å². The van der Waals surface area contributed by atoms with E-state index in [0.717, 1.165) is 12.1 Å². The van der Waals surface area contributed by atoms with Gasteiger partial charge in [-0.25, -0.2) is 8.78 Å². The summed E-state index contributed by atoms with van der Waals surface area (Å²) >= 11 is 0.